The number of alkyl halides is 3. The molecule has 21 heavy (non-hydrogen) atoms. The molecule has 0 amide bonds. The molecular formula is C14H7BrClF3O2. The van der Waals surface area contributed by atoms with Crippen LogP contribution in [0.4, 0.5) is 13.2 Å². The van der Waals surface area contributed by atoms with Gasteiger partial charge < -0.3 is 4.74 Å². The lowest BCUT2D eigenvalue weighted by atomic mass is 10.0. The standard InChI is InChI=1S/C14H7BrClF3O2/c15-12-7-9(16)4-5-11(12)13(20)8-2-1-3-10(6-8)21-14(17,18)19/h1-7H. The van der Waals surface area contributed by atoms with Crippen molar-refractivity contribution in [3.8, 4) is 5.75 Å². The van der Waals surface area contributed by atoms with E-state index >= 15 is 0 Å². The van der Waals surface area contributed by atoms with Gasteiger partial charge in [-0.25, -0.2) is 0 Å². The van der Waals surface area contributed by atoms with Gasteiger partial charge in [0.2, 0.25) is 0 Å². The van der Waals surface area contributed by atoms with Gasteiger partial charge in [0.1, 0.15) is 5.75 Å². The number of hydrogen-bond acceptors (Lipinski definition) is 2. The summed E-state index contributed by atoms with van der Waals surface area (Å²) in [7, 11) is 0. The number of carbonyl (C=O) groups excluding carboxylic acids is 1. The zero-order valence-electron chi connectivity index (χ0n) is 10.2. The largest absolute Gasteiger partial charge is 0.573 e. The maximum absolute atomic E-state index is 12.3. The second-order valence-electron chi connectivity index (χ2n) is 4.03. The van der Waals surface area contributed by atoms with Crippen LogP contribution in [0.2, 0.25) is 5.02 Å². The zero-order valence-corrected chi connectivity index (χ0v) is 12.6. The predicted molar refractivity (Wildman–Crippen MR) is 75.7 cm³/mol. The lowest BCUT2D eigenvalue weighted by Gasteiger charge is -2.10. The molecule has 0 spiro atoms. The summed E-state index contributed by atoms with van der Waals surface area (Å²) in [6.07, 6.45) is -4.80. The fraction of sp³-hybridized carbons (Fsp3) is 0.0714. The van der Waals surface area contributed by atoms with E-state index in [0.717, 1.165) is 12.1 Å². The molecule has 0 aliphatic carbocycles. The molecule has 2 aromatic carbocycles. The van der Waals surface area contributed by atoms with E-state index in [1.54, 1.807) is 0 Å². The van der Waals surface area contributed by atoms with Crippen molar-refractivity contribution in [3.05, 3.63) is 63.1 Å². The van der Waals surface area contributed by atoms with Crippen LogP contribution in [0.3, 0.4) is 0 Å². The van der Waals surface area contributed by atoms with E-state index in [1.165, 1.54) is 30.3 Å². The molecule has 2 rings (SSSR count). The fourth-order valence-corrected chi connectivity index (χ4v) is 2.53. The number of ketones is 1. The predicted octanol–water partition coefficient (Wildman–Crippen LogP) is 5.23. The quantitative estimate of drug-likeness (QED) is 0.683. The topological polar surface area (TPSA) is 26.3 Å². The van der Waals surface area contributed by atoms with Crippen molar-refractivity contribution in [2.24, 2.45) is 0 Å². The number of hydrogen-bond donors (Lipinski definition) is 0. The molecule has 0 aliphatic rings. The lowest BCUT2D eigenvalue weighted by Crippen LogP contribution is -2.17. The Bertz CT molecular complexity index is 686. The third-order valence-electron chi connectivity index (χ3n) is 2.51. The molecular weight excluding hydrogens is 373 g/mol. The third kappa shape index (κ3) is 4.22. The average molecular weight is 380 g/mol. The van der Waals surface area contributed by atoms with Crippen molar-refractivity contribution >= 4 is 33.3 Å². The first-order chi connectivity index (χ1) is 9.76. The summed E-state index contributed by atoms with van der Waals surface area (Å²) in [5, 5.41) is 0.438. The molecule has 0 fully saturated rings. The Morgan fingerprint density at radius 3 is 2.48 bits per heavy atom. The highest BCUT2D eigenvalue weighted by Gasteiger charge is 2.31. The molecule has 0 atom stereocenters. The molecule has 110 valence electrons. The van der Waals surface area contributed by atoms with Crippen LogP contribution in [0.1, 0.15) is 15.9 Å². The second-order valence-corrected chi connectivity index (χ2v) is 5.32. The van der Waals surface area contributed by atoms with Crippen molar-refractivity contribution in [2.45, 2.75) is 6.36 Å². The van der Waals surface area contributed by atoms with Crippen LogP contribution in [0.5, 0.6) is 5.75 Å². The molecule has 0 radical (unpaired) electrons. The minimum Gasteiger partial charge on any atom is -0.406 e. The molecule has 0 aliphatic heterocycles. The van der Waals surface area contributed by atoms with Crippen molar-refractivity contribution in [2.75, 3.05) is 0 Å². The van der Waals surface area contributed by atoms with E-state index in [4.69, 9.17) is 11.6 Å². The van der Waals surface area contributed by atoms with Crippen LogP contribution in [0.25, 0.3) is 0 Å². The van der Waals surface area contributed by atoms with Gasteiger partial charge in [-0.2, -0.15) is 0 Å². The molecule has 2 aromatic rings. The Hall–Kier alpha value is -1.53. The van der Waals surface area contributed by atoms with Gasteiger partial charge in [0.05, 0.1) is 0 Å². The molecule has 7 heteroatoms. The van der Waals surface area contributed by atoms with Gasteiger partial charge in [-0.05, 0) is 46.3 Å². The van der Waals surface area contributed by atoms with Crippen molar-refractivity contribution < 1.29 is 22.7 Å². The summed E-state index contributed by atoms with van der Waals surface area (Å²) in [4.78, 5) is 12.3. The van der Waals surface area contributed by atoms with E-state index < -0.39 is 17.9 Å². The second kappa shape index (κ2) is 6.07. The van der Waals surface area contributed by atoms with E-state index in [9.17, 15) is 18.0 Å². The smallest absolute Gasteiger partial charge is 0.406 e. The van der Waals surface area contributed by atoms with Gasteiger partial charge in [0.15, 0.2) is 5.78 Å². The van der Waals surface area contributed by atoms with Gasteiger partial charge in [0, 0.05) is 20.6 Å². The van der Waals surface area contributed by atoms with Crippen LogP contribution in [0, 0.1) is 0 Å². The maximum Gasteiger partial charge on any atom is 0.573 e. The summed E-state index contributed by atoms with van der Waals surface area (Å²) in [6.45, 7) is 0. The summed E-state index contributed by atoms with van der Waals surface area (Å²) in [6, 6.07) is 9.44. The maximum atomic E-state index is 12.3. The van der Waals surface area contributed by atoms with E-state index in [-0.39, 0.29) is 5.56 Å². The average Bonchev–Trinajstić information content (AvgIpc) is 2.36. The Labute approximate surface area is 131 Å². The third-order valence-corrected chi connectivity index (χ3v) is 3.40. The SMILES string of the molecule is O=C(c1cccc(OC(F)(F)F)c1)c1ccc(Cl)cc1Br. The van der Waals surface area contributed by atoms with Crippen molar-refractivity contribution in [1.82, 2.24) is 0 Å². The number of ether oxygens (including phenoxy) is 1. The first kappa shape index (κ1) is 15.9. The Balaban J connectivity index is 2.33. The van der Waals surface area contributed by atoms with E-state index in [0.29, 0.717) is 15.1 Å². The van der Waals surface area contributed by atoms with Crippen LogP contribution < -0.4 is 4.74 Å². The van der Waals surface area contributed by atoms with E-state index in [1.807, 2.05) is 0 Å². The van der Waals surface area contributed by atoms with Crippen LogP contribution >= 0.6 is 27.5 Å². The van der Waals surface area contributed by atoms with Gasteiger partial charge in [-0.3, -0.25) is 4.79 Å². The Kier molecular flexibility index (Phi) is 4.58. The minimum absolute atomic E-state index is 0.0831. The van der Waals surface area contributed by atoms with Gasteiger partial charge in [0.25, 0.3) is 0 Å². The normalized spacial score (nSPS) is 11.3. The summed E-state index contributed by atoms with van der Waals surface area (Å²) in [5.74, 6) is -0.885. The minimum atomic E-state index is -4.80. The monoisotopic (exact) mass is 378 g/mol. The van der Waals surface area contributed by atoms with Gasteiger partial charge in [-0.15, -0.1) is 13.2 Å². The highest BCUT2D eigenvalue weighted by Crippen LogP contribution is 2.27. The molecule has 0 heterocycles. The molecule has 0 unspecified atom stereocenters. The highest BCUT2D eigenvalue weighted by atomic mass is 79.9. The molecule has 0 aromatic heterocycles. The summed E-state index contributed by atoms with van der Waals surface area (Å²) in [5.41, 5.74) is 0.378. The zero-order chi connectivity index (χ0) is 15.6. The summed E-state index contributed by atoms with van der Waals surface area (Å²) >= 11 is 8.98. The van der Waals surface area contributed by atoms with Gasteiger partial charge in [-0.1, -0.05) is 23.7 Å². The highest BCUT2D eigenvalue weighted by molar-refractivity contribution is 9.10. The van der Waals surface area contributed by atoms with Gasteiger partial charge >= 0.3 is 6.36 Å². The van der Waals surface area contributed by atoms with Crippen molar-refractivity contribution in [1.29, 1.82) is 0 Å². The molecule has 0 bridgehead atoms. The van der Waals surface area contributed by atoms with Crippen LogP contribution in [-0.4, -0.2) is 12.1 Å². The Morgan fingerprint density at radius 1 is 1.14 bits per heavy atom. The fourth-order valence-electron chi connectivity index (χ4n) is 1.66. The van der Waals surface area contributed by atoms with E-state index in [2.05, 4.69) is 20.7 Å². The Morgan fingerprint density at radius 2 is 1.86 bits per heavy atom. The number of carbonyl (C=O) groups is 1. The summed E-state index contributed by atoms with van der Waals surface area (Å²) < 4.78 is 40.8. The van der Waals surface area contributed by atoms with Crippen LogP contribution in [0.15, 0.2) is 46.9 Å². The lowest BCUT2D eigenvalue weighted by molar-refractivity contribution is -0.274. The number of benzene rings is 2. The molecule has 2 nitrogen and oxygen atoms in total. The first-order valence-electron chi connectivity index (χ1n) is 5.62. The molecule has 0 N–H and O–H groups in total. The molecule has 0 saturated heterocycles. The number of rotatable bonds is 3. The number of halogens is 5. The first-order valence-corrected chi connectivity index (χ1v) is 6.79. The molecule has 0 saturated carbocycles. The van der Waals surface area contributed by atoms with Crippen LogP contribution in [-0.2, 0) is 0 Å². The van der Waals surface area contributed by atoms with Crippen molar-refractivity contribution in [3.63, 3.8) is 0 Å².